The first-order chi connectivity index (χ1) is 9.01. The number of anilines is 1. The highest BCUT2D eigenvalue weighted by Gasteiger charge is 2.17. The smallest absolute Gasteiger partial charge is 0.277 e. The molecule has 1 aromatic carbocycles. The van der Waals surface area contributed by atoms with Crippen LogP contribution in [-0.4, -0.2) is 35.7 Å². The molecule has 8 nitrogen and oxygen atoms in total. The van der Waals surface area contributed by atoms with Crippen molar-refractivity contribution in [2.45, 2.75) is 11.5 Å². The molecule has 19 heavy (non-hydrogen) atoms. The second kappa shape index (κ2) is 5.33. The summed E-state index contributed by atoms with van der Waals surface area (Å²) in [6.45, 7) is 0.340. The standard InChI is InChI=1S/C10H13N5O3S/c1-15-12-10(11-14-15)13-19(16,17)9-5-3-4-8(6-9)7-18-2/h3-6H,7H2,1-2H3,(H,12,13). The molecule has 0 radical (unpaired) electrons. The van der Waals surface area contributed by atoms with Crippen molar-refractivity contribution in [3.8, 4) is 0 Å². The summed E-state index contributed by atoms with van der Waals surface area (Å²) in [7, 11) is -0.635. The van der Waals surface area contributed by atoms with Gasteiger partial charge in [-0.15, -0.1) is 5.10 Å². The molecule has 1 aromatic heterocycles. The van der Waals surface area contributed by atoms with Crippen LogP contribution < -0.4 is 4.72 Å². The van der Waals surface area contributed by atoms with Gasteiger partial charge in [0.05, 0.1) is 18.6 Å². The van der Waals surface area contributed by atoms with Crippen molar-refractivity contribution in [3.63, 3.8) is 0 Å². The van der Waals surface area contributed by atoms with Crippen molar-refractivity contribution in [2.24, 2.45) is 7.05 Å². The number of sulfonamides is 1. The predicted molar refractivity (Wildman–Crippen MR) is 66.8 cm³/mol. The Morgan fingerprint density at radius 2 is 2.21 bits per heavy atom. The Labute approximate surface area is 110 Å². The van der Waals surface area contributed by atoms with E-state index in [0.717, 1.165) is 5.56 Å². The van der Waals surface area contributed by atoms with Crippen molar-refractivity contribution >= 4 is 16.0 Å². The van der Waals surface area contributed by atoms with Gasteiger partial charge in [0.15, 0.2) is 0 Å². The average molecular weight is 283 g/mol. The Kier molecular flexibility index (Phi) is 3.76. The number of hydrogen-bond donors (Lipinski definition) is 1. The van der Waals surface area contributed by atoms with Crippen LogP contribution in [0.15, 0.2) is 29.2 Å². The SMILES string of the molecule is COCc1cccc(S(=O)(=O)Nc2nnn(C)n2)c1. The van der Waals surface area contributed by atoms with E-state index in [9.17, 15) is 8.42 Å². The summed E-state index contributed by atoms with van der Waals surface area (Å²) in [4.78, 5) is 1.29. The van der Waals surface area contributed by atoms with Crippen molar-refractivity contribution in [1.29, 1.82) is 0 Å². The number of ether oxygens (including phenoxy) is 1. The molecule has 9 heteroatoms. The lowest BCUT2D eigenvalue weighted by molar-refractivity contribution is 0.184. The Balaban J connectivity index is 2.26. The van der Waals surface area contributed by atoms with Gasteiger partial charge in [0.25, 0.3) is 16.0 Å². The third-order valence-corrected chi connectivity index (χ3v) is 3.58. The Morgan fingerprint density at radius 3 is 2.84 bits per heavy atom. The molecule has 0 saturated carbocycles. The van der Waals surface area contributed by atoms with E-state index in [-0.39, 0.29) is 10.8 Å². The first-order valence-corrected chi connectivity index (χ1v) is 6.84. The maximum atomic E-state index is 12.1. The summed E-state index contributed by atoms with van der Waals surface area (Å²) in [5.41, 5.74) is 0.762. The van der Waals surface area contributed by atoms with Crippen molar-refractivity contribution < 1.29 is 13.2 Å². The number of benzene rings is 1. The zero-order valence-corrected chi connectivity index (χ0v) is 11.3. The lowest BCUT2D eigenvalue weighted by Gasteiger charge is -2.06. The van der Waals surface area contributed by atoms with Crippen LogP contribution in [0.25, 0.3) is 0 Å². The first kappa shape index (κ1) is 13.4. The molecule has 2 rings (SSSR count). The van der Waals surface area contributed by atoms with Gasteiger partial charge < -0.3 is 4.74 Å². The van der Waals surface area contributed by atoms with E-state index in [1.807, 2.05) is 0 Å². The van der Waals surface area contributed by atoms with Crippen LogP contribution in [0.4, 0.5) is 5.95 Å². The number of rotatable bonds is 5. The highest BCUT2D eigenvalue weighted by Crippen LogP contribution is 2.14. The third kappa shape index (κ3) is 3.26. The van der Waals surface area contributed by atoms with Crippen molar-refractivity contribution in [1.82, 2.24) is 20.2 Å². The van der Waals surface area contributed by atoms with Gasteiger partial charge in [0.1, 0.15) is 0 Å². The van der Waals surface area contributed by atoms with Gasteiger partial charge in [-0.25, -0.2) is 13.1 Å². The highest BCUT2D eigenvalue weighted by molar-refractivity contribution is 7.92. The molecule has 1 N–H and O–H groups in total. The number of nitrogens with one attached hydrogen (secondary N) is 1. The summed E-state index contributed by atoms with van der Waals surface area (Å²) in [5.74, 6) is -0.0698. The van der Waals surface area contributed by atoms with Crippen molar-refractivity contribution in [3.05, 3.63) is 29.8 Å². The topological polar surface area (TPSA) is 99.0 Å². The molecule has 0 unspecified atom stereocenters. The highest BCUT2D eigenvalue weighted by atomic mass is 32.2. The molecule has 0 aliphatic rings. The van der Waals surface area contributed by atoms with Gasteiger partial charge in [0.2, 0.25) is 0 Å². The molecule has 0 saturated heterocycles. The van der Waals surface area contributed by atoms with Gasteiger partial charge >= 0.3 is 0 Å². The van der Waals surface area contributed by atoms with E-state index < -0.39 is 10.0 Å². The maximum absolute atomic E-state index is 12.1. The number of hydrogen-bond acceptors (Lipinski definition) is 6. The Hall–Kier alpha value is -2.00. The number of methoxy groups -OCH3 is 1. The van der Waals surface area contributed by atoms with Crippen LogP contribution in [0.3, 0.4) is 0 Å². The fourth-order valence-electron chi connectivity index (χ4n) is 1.47. The lowest BCUT2D eigenvalue weighted by atomic mass is 10.2. The van der Waals surface area contributed by atoms with Crippen LogP contribution >= 0.6 is 0 Å². The number of aryl methyl sites for hydroxylation is 1. The number of aromatic nitrogens is 4. The zero-order valence-electron chi connectivity index (χ0n) is 10.4. The summed E-state index contributed by atoms with van der Waals surface area (Å²) in [5, 5.41) is 10.9. The monoisotopic (exact) mass is 283 g/mol. The third-order valence-electron chi connectivity index (χ3n) is 2.25. The minimum atomic E-state index is -3.72. The molecule has 0 aliphatic heterocycles. The average Bonchev–Trinajstić information content (AvgIpc) is 2.75. The van der Waals surface area contributed by atoms with E-state index in [0.29, 0.717) is 6.61 Å². The van der Waals surface area contributed by atoms with Gasteiger partial charge in [-0.2, -0.15) is 4.80 Å². The van der Waals surface area contributed by atoms with Crippen LogP contribution in [0.2, 0.25) is 0 Å². The van der Waals surface area contributed by atoms with Crippen LogP contribution in [0, 0.1) is 0 Å². The van der Waals surface area contributed by atoms with Gasteiger partial charge in [0, 0.05) is 7.11 Å². The van der Waals surface area contributed by atoms with E-state index in [1.165, 1.54) is 16.9 Å². The molecule has 2 aromatic rings. The van der Waals surface area contributed by atoms with Gasteiger partial charge in [-0.3, -0.25) is 0 Å². The predicted octanol–water partition coefficient (Wildman–Crippen LogP) is 0.157. The molecule has 0 spiro atoms. The Morgan fingerprint density at radius 1 is 1.42 bits per heavy atom. The van der Waals surface area contributed by atoms with Crippen molar-refractivity contribution in [2.75, 3.05) is 11.8 Å². The summed E-state index contributed by atoms with van der Waals surface area (Å²) >= 11 is 0. The molecule has 102 valence electrons. The fraction of sp³-hybridized carbons (Fsp3) is 0.300. The second-order valence-electron chi connectivity index (χ2n) is 3.79. The van der Waals surface area contributed by atoms with Crippen LogP contribution in [-0.2, 0) is 28.4 Å². The molecule has 0 aliphatic carbocycles. The second-order valence-corrected chi connectivity index (χ2v) is 5.47. The minimum Gasteiger partial charge on any atom is -0.380 e. The van der Waals surface area contributed by atoms with E-state index in [1.54, 1.807) is 26.3 Å². The van der Waals surface area contributed by atoms with E-state index in [4.69, 9.17) is 4.74 Å². The summed E-state index contributed by atoms with van der Waals surface area (Å²) < 4.78 is 31.4. The normalized spacial score (nSPS) is 11.5. The summed E-state index contributed by atoms with van der Waals surface area (Å²) in [6.07, 6.45) is 0. The molecular formula is C10H13N5O3S. The molecule has 0 atom stereocenters. The zero-order chi connectivity index (χ0) is 13.9. The largest absolute Gasteiger partial charge is 0.380 e. The number of nitrogens with zero attached hydrogens (tertiary/aromatic N) is 4. The molecule has 0 fully saturated rings. The van der Waals surface area contributed by atoms with Crippen LogP contribution in [0.5, 0.6) is 0 Å². The molecule has 0 bridgehead atoms. The lowest BCUT2D eigenvalue weighted by Crippen LogP contribution is -2.14. The van der Waals surface area contributed by atoms with E-state index in [2.05, 4.69) is 20.1 Å². The first-order valence-electron chi connectivity index (χ1n) is 5.36. The minimum absolute atomic E-state index is 0.0698. The van der Waals surface area contributed by atoms with E-state index >= 15 is 0 Å². The summed E-state index contributed by atoms with van der Waals surface area (Å²) in [6, 6.07) is 6.44. The fourth-order valence-corrected chi connectivity index (χ4v) is 2.48. The van der Waals surface area contributed by atoms with Gasteiger partial charge in [-0.1, -0.05) is 17.2 Å². The van der Waals surface area contributed by atoms with Crippen LogP contribution in [0.1, 0.15) is 5.56 Å². The van der Waals surface area contributed by atoms with Gasteiger partial charge in [-0.05, 0) is 22.9 Å². The maximum Gasteiger partial charge on any atom is 0.277 e. The Bertz CT molecular complexity index is 667. The molecule has 0 amide bonds. The molecular weight excluding hydrogens is 270 g/mol. The number of tetrazole rings is 1. The molecule has 1 heterocycles. The quantitative estimate of drug-likeness (QED) is 0.839.